The van der Waals surface area contributed by atoms with Crippen molar-refractivity contribution in [3.05, 3.63) is 63.5 Å². The van der Waals surface area contributed by atoms with Crippen LogP contribution in [-0.4, -0.2) is 10.0 Å². The molecule has 2 aromatic rings. The van der Waals surface area contributed by atoms with Crippen LogP contribution in [0.5, 0.6) is 11.5 Å². The van der Waals surface area contributed by atoms with Crippen LogP contribution in [0.3, 0.4) is 0 Å². The molecule has 1 N–H and O–H groups in total. The van der Waals surface area contributed by atoms with Crippen molar-refractivity contribution in [3.8, 4) is 11.5 Å². The lowest BCUT2D eigenvalue weighted by molar-refractivity contribution is -0.385. The van der Waals surface area contributed by atoms with E-state index in [0.717, 1.165) is 0 Å². The lowest BCUT2D eigenvalue weighted by Gasteiger charge is -2.10. The number of halogens is 1. The number of nitrogens with zero attached hydrogens (tertiary/aromatic N) is 1. The standard InChI is InChI=1S/C15H14FNO4/c1-9-7-12(4-5-13(9)16)21-15-6-3-11(10(2)18)8-14(15)17(19)20/h3-8,10,18H,1-2H3. The van der Waals surface area contributed by atoms with Gasteiger partial charge in [0.1, 0.15) is 11.6 Å². The lowest BCUT2D eigenvalue weighted by Crippen LogP contribution is -1.98. The van der Waals surface area contributed by atoms with Crippen LogP contribution < -0.4 is 4.74 Å². The summed E-state index contributed by atoms with van der Waals surface area (Å²) in [5.74, 6) is -0.0292. The summed E-state index contributed by atoms with van der Waals surface area (Å²) >= 11 is 0. The first-order chi connectivity index (χ1) is 9.88. The Labute approximate surface area is 120 Å². The lowest BCUT2D eigenvalue weighted by atomic mass is 10.1. The van der Waals surface area contributed by atoms with Crippen LogP contribution in [0, 0.1) is 22.9 Å². The highest BCUT2D eigenvalue weighted by atomic mass is 19.1. The minimum atomic E-state index is -0.814. The molecule has 0 saturated heterocycles. The summed E-state index contributed by atoms with van der Waals surface area (Å²) in [4.78, 5) is 10.5. The molecule has 2 rings (SSSR count). The second-order valence-electron chi connectivity index (χ2n) is 4.67. The average molecular weight is 291 g/mol. The zero-order valence-corrected chi connectivity index (χ0v) is 11.5. The normalized spacial score (nSPS) is 12.0. The molecule has 0 saturated carbocycles. The van der Waals surface area contributed by atoms with Gasteiger partial charge < -0.3 is 9.84 Å². The highest BCUT2D eigenvalue weighted by Crippen LogP contribution is 2.34. The molecule has 0 aliphatic carbocycles. The molecule has 0 fully saturated rings. The van der Waals surface area contributed by atoms with E-state index in [2.05, 4.69) is 0 Å². The van der Waals surface area contributed by atoms with Gasteiger partial charge in [-0.15, -0.1) is 0 Å². The molecular formula is C15H14FNO4. The van der Waals surface area contributed by atoms with Gasteiger partial charge in [0.25, 0.3) is 0 Å². The van der Waals surface area contributed by atoms with Crippen molar-refractivity contribution in [1.29, 1.82) is 0 Å². The van der Waals surface area contributed by atoms with Crippen molar-refractivity contribution in [2.75, 3.05) is 0 Å². The first-order valence-electron chi connectivity index (χ1n) is 6.29. The second kappa shape index (κ2) is 5.88. The predicted molar refractivity (Wildman–Crippen MR) is 74.9 cm³/mol. The summed E-state index contributed by atoms with van der Waals surface area (Å²) in [6.45, 7) is 3.09. The molecule has 0 aliphatic rings. The Kier molecular flexibility index (Phi) is 4.18. The molecule has 110 valence electrons. The summed E-state index contributed by atoms with van der Waals surface area (Å²) in [6.07, 6.45) is -0.814. The van der Waals surface area contributed by atoms with Crippen molar-refractivity contribution in [2.45, 2.75) is 20.0 Å². The van der Waals surface area contributed by atoms with E-state index in [0.29, 0.717) is 16.9 Å². The number of aliphatic hydroxyl groups excluding tert-OH is 1. The van der Waals surface area contributed by atoms with E-state index in [1.807, 2.05) is 0 Å². The quantitative estimate of drug-likeness (QED) is 0.685. The van der Waals surface area contributed by atoms with E-state index >= 15 is 0 Å². The first-order valence-corrected chi connectivity index (χ1v) is 6.29. The van der Waals surface area contributed by atoms with Crippen LogP contribution in [0.15, 0.2) is 36.4 Å². The van der Waals surface area contributed by atoms with Gasteiger partial charge >= 0.3 is 5.69 Å². The molecular weight excluding hydrogens is 277 g/mol. The van der Waals surface area contributed by atoms with Crippen LogP contribution >= 0.6 is 0 Å². The van der Waals surface area contributed by atoms with E-state index in [1.165, 1.54) is 37.3 Å². The minimum absolute atomic E-state index is 0.0374. The SMILES string of the molecule is Cc1cc(Oc2ccc(C(C)O)cc2[N+](=O)[O-])ccc1F. The van der Waals surface area contributed by atoms with Crippen molar-refractivity contribution in [2.24, 2.45) is 0 Å². The Hall–Kier alpha value is -2.47. The summed E-state index contributed by atoms with van der Waals surface area (Å²) in [5.41, 5.74) is 0.551. The van der Waals surface area contributed by atoms with Gasteiger partial charge in [0.15, 0.2) is 0 Å². The van der Waals surface area contributed by atoms with Crippen LogP contribution in [0.25, 0.3) is 0 Å². The number of aliphatic hydroxyl groups is 1. The minimum Gasteiger partial charge on any atom is -0.450 e. The molecule has 1 unspecified atom stereocenters. The monoisotopic (exact) mass is 291 g/mol. The fourth-order valence-electron chi connectivity index (χ4n) is 1.83. The molecule has 0 amide bonds. The first kappa shape index (κ1) is 14.9. The third kappa shape index (κ3) is 3.35. The van der Waals surface area contributed by atoms with E-state index in [4.69, 9.17) is 4.74 Å². The molecule has 0 aliphatic heterocycles. The van der Waals surface area contributed by atoms with E-state index in [9.17, 15) is 19.6 Å². The number of ether oxygens (including phenoxy) is 1. The maximum atomic E-state index is 13.2. The zero-order valence-electron chi connectivity index (χ0n) is 11.5. The number of nitro benzene ring substituents is 1. The third-order valence-corrected chi connectivity index (χ3v) is 3.02. The van der Waals surface area contributed by atoms with Crippen molar-refractivity contribution >= 4 is 5.69 Å². The van der Waals surface area contributed by atoms with Gasteiger partial charge in [-0.1, -0.05) is 6.07 Å². The summed E-state index contributed by atoms with van der Waals surface area (Å²) in [5, 5.41) is 20.6. The predicted octanol–water partition coefficient (Wildman–Crippen LogP) is 3.89. The van der Waals surface area contributed by atoms with E-state index < -0.39 is 11.0 Å². The number of benzene rings is 2. The Balaban J connectivity index is 2.39. The van der Waals surface area contributed by atoms with Gasteiger partial charge in [-0.2, -0.15) is 0 Å². The Morgan fingerprint density at radius 3 is 2.57 bits per heavy atom. The second-order valence-corrected chi connectivity index (χ2v) is 4.67. The number of rotatable bonds is 4. The van der Waals surface area contributed by atoms with Crippen molar-refractivity contribution in [1.82, 2.24) is 0 Å². The number of hydrogen-bond donors (Lipinski definition) is 1. The fraction of sp³-hybridized carbons (Fsp3) is 0.200. The largest absolute Gasteiger partial charge is 0.450 e. The highest BCUT2D eigenvalue weighted by Gasteiger charge is 2.18. The average Bonchev–Trinajstić information content (AvgIpc) is 2.43. The van der Waals surface area contributed by atoms with Crippen molar-refractivity contribution in [3.63, 3.8) is 0 Å². The van der Waals surface area contributed by atoms with Crippen LogP contribution in [0.4, 0.5) is 10.1 Å². The maximum absolute atomic E-state index is 13.2. The van der Waals surface area contributed by atoms with Crippen LogP contribution in [0.2, 0.25) is 0 Å². The molecule has 0 bridgehead atoms. The Bertz CT molecular complexity index is 685. The van der Waals surface area contributed by atoms with Crippen LogP contribution in [-0.2, 0) is 0 Å². The van der Waals surface area contributed by atoms with Gasteiger partial charge in [0.2, 0.25) is 5.75 Å². The number of nitro groups is 1. The van der Waals surface area contributed by atoms with Gasteiger partial charge in [0.05, 0.1) is 11.0 Å². The fourth-order valence-corrected chi connectivity index (χ4v) is 1.83. The molecule has 0 heterocycles. The number of aryl methyl sites for hydroxylation is 1. The molecule has 5 nitrogen and oxygen atoms in total. The van der Waals surface area contributed by atoms with E-state index in [-0.39, 0.29) is 17.3 Å². The summed E-state index contributed by atoms with van der Waals surface area (Å²) < 4.78 is 18.6. The topological polar surface area (TPSA) is 72.6 Å². The van der Waals surface area contributed by atoms with Crippen LogP contribution in [0.1, 0.15) is 24.2 Å². The molecule has 0 aromatic heterocycles. The molecule has 6 heteroatoms. The third-order valence-electron chi connectivity index (χ3n) is 3.02. The van der Waals surface area contributed by atoms with Gasteiger partial charge in [-0.3, -0.25) is 10.1 Å². The van der Waals surface area contributed by atoms with Gasteiger partial charge in [-0.25, -0.2) is 4.39 Å². The Morgan fingerprint density at radius 1 is 1.29 bits per heavy atom. The molecule has 1 atom stereocenters. The zero-order chi connectivity index (χ0) is 15.6. The van der Waals surface area contributed by atoms with E-state index in [1.54, 1.807) is 13.0 Å². The summed E-state index contributed by atoms with van der Waals surface area (Å²) in [7, 11) is 0. The Morgan fingerprint density at radius 2 is 2.00 bits per heavy atom. The molecule has 2 aromatic carbocycles. The van der Waals surface area contributed by atoms with Crippen molar-refractivity contribution < 1.29 is 19.2 Å². The molecule has 0 spiro atoms. The summed E-state index contributed by atoms with van der Waals surface area (Å²) in [6, 6.07) is 8.32. The van der Waals surface area contributed by atoms with Gasteiger partial charge in [0, 0.05) is 6.07 Å². The maximum Gasteiger partial charge on any atom is 0.311 e. The smallest absolute Gasteiger partial charge is 0.311 e. The number of hydrogen-bond acceptors (Lipinski definition) is 4. The molecule has 21 heavy (non-hydrogen) atoms. The highest BCUT2D eigenvalue weighted by molar-refractivity contribution is 5.51. The molecule has 0 radical (unpaired) electrons. The van der Waals surface area contributed by atoms with Gasteiger partial charge in [-0.05, 0) is 49.2 Å².